The Balaban J connectivity index is 1.26. The zero-order chi connectivity index (χ0) is 22.4. The molecule has 1 aliphatic rings. The summed E-state index contributed by atoms with van der Waals surface area (Å²) in [6.07, 6.45) is 2.65. The van der Waals surface area contributed by atoms with Crippen molar-refractivity contribution in [1.82, 2.24) is 15.2 Å². The molecule has 1 fully saturated rings. The van der Waals surface area contributed by atoms with Crippen LogP contribution < -0.4 is 14.8 Å². The zero-order valence-corrected chi connectivity index (χ0v) is 18.6. The molecule has 0 saturated carbocycles. The Labute approximate surface area is 189 Å². The summed E-state index contributed by atoms with van der Waals surface area (Å²) in [4.78, 5) is 19.5. The Morgan fingerprint density at radius 3 is 2.44 bits per heavy atom. The smallest absolute Gasteiger partial charge is 0.240 e. The Kier molecular flexibility index (Phi) is 6.71. The highest BCUT2D eigenvalue weighted by atomic mass is 16.5. The van der Waals surface area contributed by atoms with Crippen molar-refractivity contribution >= 4 is 5.91 Å². The molecular formula is C26H29N3O3. The lowest BCUT2D eigenvalue weighted by Gasteiger charge is -2.49. The quantitative estimate of drug-likeness (QED) is 0.521. The number of nitrogens with one attached hydrogen (secondary N) is 1. The third-order valence-corrected chi connectivity index (χ3v) is 6.06. The van der Waals surface area contributed by atoms with Crippen molar-refractivity contribution in [1.29, 1.82) is 0 Å². The predicted molar refractivity (Wildman–Crippen MR) is 125 cm³/mol. The highest BCUT2D eigenvalue weighted by Crippen LogP contribution is 2.32. The van der Waals surface area contributed by atoms with E-state index in [4.69, 9.17) is 9.47 Å². The average Bonchev–Trinajstić information content (AvgIpc) is 2.85. The van der Waals surface area contributed by atoms with Crippen molar-refractivity contribution in [2.75, 3.05) is 26.8 Å². The Hall–Kier alpha value is -3.38. The van der Waals surface area contributed by atoms with Crippen LogP contribution in [0.25, 0.3) is 11.3 Å². The molecule has 6 heteroatoms. The van der Waals surface area contributed by atoms with Crippen LogP contribution in [-0.4, -0.2) is 48.1 Å². The fraction of sp³-hybridized carbons (Fsp3) is 0.308. The molecule has 1 atom stereocenters. The van der Waals surface area contributed by atoms with Gasteiger partial charge in [-0.2, -0.15) is 0 Å². The normalized spacial score (nSPS) is 17.9. The lowest BCUT2D eigenvalue weighted by atomic mass is 9.85. The molecule has 2 heterocycles. The van der Waals surface area contributed by atoms with Gasteiger partial charge in [0.2, 0.25) is 5.91 Å². The number of pyridine rings is 1. The summed E-state index contributed by atoms with van der Waals surface area (Å²) in [7, 11) is 1.63. The zero-order valence-electron chi connectivity index (χ0n) is 18.6. The van der Waals surface area contributed by atoms with E-state index in [0.29, 0.717) is 13.2 Å². The summed E-state index contributed by atoms with van der Waals surface area (Å²) >= 11 is 0. The van der Waals surface area contributed by atoms with E-state index in [1.165, 1.54) is 5.56 Å². The minimum atomic E-state index is -0.486. The standard InChI is InChI=1S/C26H29N3O3/c1-26(25(30)28-16-18-32-23-12-10-22(31-2)11-13-23)14-17-29(26)19-20-6-8-21(9-7-20)24-5-3-4-15-27-24/h3-13,15H,14,16-19H2,1-2H3,(H,28,30). The van der Waals surface area contributed by atoms with Crippen LogP contribution in [0.3, 0.4) is 0 Å². The molecular weight excluding hydrogens is 402 g/mol. The maximum absolute atomic E-state index is 12.8. The topological polar surface area (TPSA) is 63.7 Å². The Morgan fingerprint density at radius 1 is 1.06 bits per heavy atom. The van der Waals surface area contributed by atoms with Gasteiger partial charge in [0.25, 0.3) is 0 Å². The highest BCUT2D eigenvalue weighted by molar-refractivity contribution is 5.86. The molecule has 1 aliphatic heterocycles. The molecule has 1 N–H and O–H groups in total. The number of carbonyl (C=O) groups is 1. The van der Waals surface area contributed by atoms with Crippen LogP contribution in [0.4, 0.5) is 0 Å². The number of carbonyl (C=O) groups excluding carboxylic acids is 1. The average molecular weight is 432 g/mol. The van der Waals surface area contributed by atoms with E-state index >= 15 is 0 Å². The molecule has 4 rings (SSSR count). The second-order valence-electron chi connectivity index (χ2n) is 8.14. The molecule has 166 valence electrons. The van der Waals surface area contributed by atoms with Crippen molar-refractivity contribution in [3.05, 3.63) is 78.5 Å². The molecule has 0 spiro atoms. The fourth-order valence-electron chi connectivity index (χ4n) is 3.85. The van der Waals surface area contributed by atoms with Crippen LogP contribution in [0.15, 0.2) is 72.9 Å². The number of hydrogen-bond donors (Lipinski definition) is 1. The number of ether oxygens (including phenoxy) is 2. The number of aromatic nitrogens is 1. The van der Waals surface area contributed by atoms with Crippen molar-refractivity contribution in [2.24, 2.45) is 0 Å². The number of methoxy groups -OCH3 is 1. The molecule has 0 bridgehead atoms. The summed E-state index contributed by atoms with van der Waals surface area (Å²) in [6.45, 7) is 4.55. The van der Waals surface area contributed by atoms with Gasteiger partial charge in [0, 0.05) is 24.8 Å². The lowest BCUT2D eigenvalue weighted by molar-refractivity contribution is -0.142. The minimum absolute atomic E-state index is 0.0483. The molecule has 0 aliphatic carbocycles. The molecule has 2 aromatic carbocycles. The number of benzene rings is 2. The van der Waals surface area contributed by atoms with Gasteiger partial charge in [0.1, 0.15) is 18.1 Å². The highest BCUT2D eigenvalue weighted by Gasteiger charge is 2.46. The second-order valence-corrected chi connectivity index (χ2v) is 8.14. The van der Waals surface area contributed by atoms with Gasteiger partial charge in [0.05, 0.1) is 24.9 Å². The van der Waals surface area contributed by atoms with Crippen LogP contribution in [0, 0.1) is 0 Å². The van der Waals surface area contributed by atoms with Crippen molar-refractivity contribution in [2.45, 2.75) is 25.4 Å². The first-order valence-corrected chi connectivity index (χ1v) is 10.9. The largest absolute Gasteiger partial charge is 0.497 e. The SMILES string of the molecule is COc1ccc(OCCNC(=O)C2(C)CCN2Cc2ccc(-c3ccccn3)cc2)cc1. The van der Waals surface area contributed by atoms with Gasteiger partial charge in [-0.25, -0.2) is 0 Å². The van der Waals surface area contributed by atoms with Crippen LogP contribution in [0.5, 0.6) is 11.5 Å². The second kappa shape index (κ2) is 9.83. The third kappa shape index (κ3) is 4.92. The first-order valence-electron chi connectivity index (χ1n) is 10.9. The van der Waals surface area contributed by atoms with Crippen molar-refractivity contribution < 1.29 is 14.3 Å². The van der Waals surface area contributed by atoms with Gasteiger partial charge < -0.3 is 14.8 Å². The van der Waals surface area contributed by atoms with Gasteiger partial charge in [-0.05, 0) is 55.3 Å². The third-order valence-electron chi connectivity index (χ3n) is 6.06. The van der Waals surface area contributed by atoms with E-state index in [0.717, 1.165) is 42.3 Å². The molecule has 0 radical (unpaired) electrons. The van der Waals surface area contributed by atoms with Crippen molar-refractivity contribution in [3.8, 4) is 22.8 Å². The summed E-state index contributed by atoms with van der Waals surface area (Å²) < 4.78 is 10.8. The predicted octanol–water partition coefficient (Wildman–Crippen LogP) is 3.92. The number of amides is 1. The number of nitrogens with zero attached hydrogens (tertiary/aromatic N) is 2. The van der Waals surface area contributed by atoms with Crippen LogP contribution in [-0.2, 0) is 11.3 Å². The molecule has 1 saturated heterocycles. The molecule has 1 aromatic heterocycles. The van der Waals surface area contributed by atoms with Crippen molar-refractivity contribution in [3.63, 3.8) is 0 Å². The van der Waals surface area contributed by atoms with E-state index in [1.807, 2.05) is 49.4 Å². The van der Waals surface area contributed by atoms with Gasteiger partial charge in [-0.1, -0.05) is 30.3 Å². The molecule has 1 amide bonds. The van der Waals surface area contributed by atoms with Gasteiger partial charge in [0.15, 0.2) is 0 Å². The number of likely N-dealkylation sites (tertiary alicyclic amines) is 1. The molecule has 3 aromatic rings. The molecule has 1 unspecified atom stereocenters. The fourth-order valence-corrected chi connectivity index (χ4v) is 3.85. The Morgan fingerprint density at radius 2 is 1.81 bits per heavy atom. The summed E-state index contributed by atoms with van der Waals surface area (Å²) in [5.41, 5.74) is 2.75. The monoisotopic (exact) mass is 431 g/mol. The van der Waals surface area contributed by atoms with Crippen LogP contribution in [0.2, 0.25) is 0 Å². The summed E-state index contributed by atoms with van der Waals surface area (Å²) in [5.74, 6) is 1.59. The van der Waals surface area contributed by atoms with E-state index in [9.17, 15) is 4.79 Å². The minimum Gasteiger partial charge on any atom is -0.497 e. The first kappa shape index (κ1) is 21.8. The van der Waals surface area contributed by atoms with E-state index < -0.39 is 5.54 Å². The lowest BCUT2D eigenvalue weighted by Crippen LogP contribution is -2.65. The van der Waals surface area contributed by atoms with Gasteiger partial charge in [-0.15, -0.1) is 0 Å². The first-order chi connectivity index (χ1) is 15.6. The van der Waals surface area contributed by atoms with E-state index in [2.05, 4.69) is 39.5 Å². The molecule has 6 nitrogen and oxygen atoms in total. The van der Waals surface area contributed by atoms with Crippen LogP contribution >= 0.6 is 0 Å². The maximum Gasteiger partial charge on any atom is 0.240 e. The van der Waals surface area contributed by atoms with E-state index in [1.54, 1.807) is 13.3 Å². The summed E-state index contributed by atoms with van der Waals surface area (Å²) in [5, 5.41) is 3.03. The van der Waals surface area contributed by atoms with E-state index in [-0.39, 0.29) is 5.91 Å². The Bertz CT molecular complexity index is 1020. The van der Waals surface area contributed by atoms with Crippen LogP contribution in [0.1, 0.15) is 18.9 Å². The number of rotatable bonds is 9. The summed E-state index contributed by atoms with van der Waals surface area (Å²) in [6, 6.07) is 21.7. The molecule has 32 heavy (non-hydrogen) atoms. The van der Waals surface area contributed by atoms with Gasteiger partial charge in [-0.3, -0.25) is 14.7 Å². The number of hydrogen-bond acceptors (Lipinski definition) is 5. The van der Waals surface area contributed by atoms with Gasteiger partial charge >= 0.3 is 0 Å². The maximum atomic E-state index is 12.8.